The molecule has 18 N–H and O–H groups in total. The van der Waals surface area contributed by atoms with E-state index in [0.29, 0.717) is 0 Å². The average molecular weight is 616 g/mol. The molecule has 0 radical (unpaired) electrons. The van der Waals surface area contributed by atoms with Crippen LogP contribution in [0.5, 0.6) is 0 Å². The Balaban J connectivity index is 1.50. The van der Waals surface area contributed by atoms with Crippen molar-refractivity contribution in [1.82, 2.24) is 0 Å². The van der Waals surface area contributed by atoms with E-state index in [0.717, 1.165) is 0 Å². The summed E-state index contributed by atoms with van der Waals surface area (Å²) >= 11 is 0. The second-order valence-corrected chi connectivity index (χ2v) is 11.2. The second-order valence-electron chi connectivity index (χ2n) is 11.2. The molecule has 1 saturated carbocycles. The molecule has 3 aliphatic heterocycles. The van der Waals surface area contributed by atoms with E-state index in [1.54, 1.807) is 0 Å². The first-order chi connectivity index (χ1) is 19.8. The smallest absolute Gasteiger partial charge is 0.187 e. The summed E-state index contributed by atoms with van der Waals surface area (Å²) in [4.78, 5) is 0. The van der Waals surface area contributed by atoms with Gasteiger partial charge in [-0.15, -0.1) is 0 Å². The minimum absolute atomic E-state index is 0.0642. The monoisotopic (exact) mass is 615 g/mol. The van der Waals surface area contributed by atoms with Crippen LogP contribution in [0.1, 0.15) is 6.42 Å². The molecule has 0 amide bonds. The average Bonchev–Trinajstić information content (AvgIpc) is 3.27. The summed E-state index contributed by atoms with van der Waals surface area (Å²) in [6.45, 7) is -1.49. The van der Waals surface area contributed by atoms with Crippen molar-refractivity contribution in [3.05, 3.63) is 0 Å². The molecule has 19 nitrogen and oxygen atoms in total. The van der Waals surface area contributed by atoms with Crippen LogP contribution in [0.15, 0.2) is 0 Å². The van der Waals surface area contributed by atoms with Crippen molar-refractivity contribution >= 4 is 0 Å². The van der Waals surface area contributed by atoms with Gasteiger partial charge in [-0.2, -0.15) is 0 Å². The molecule has 0 aromatic carbocycles. The Morgan fingerprint density at radius 2 is 1.00 bits per heavy atom. The Kier molecular flexibility index (Phi) is 11.5. The largest absolute Gasteiger partial charge is 0.394 e. The molecule has 0 aromatic rings. The van der Waals surface area contributed by atoms with Crippen molar-refractivity contribution in [3.8, 4) is 0 Å². The predicted octanol–water partition coefficient (Wildman–Crippen LogP) is -8.86. The molecule has 0 aromatic heterocycles. The van der Waals surface area contributed by atoms with Crippen LogP contribution in [0.4, 0.5) is 0 Å². The van der Waals surface area contributed by atoms with Gasteiger partial charge in [0.25, 0.3) is 0 Å². The van der Waals surface area contributed by atoms with Crippen molar-refractivity contribution in [2.24, 2.45) is 28.7 Å². The Bertz CT molecular complexity index is 866. The Labute approximate surface area is 240 Å². The molecule has 1 aliphatic carbocycles. The van der Waals surface area contributed by atoms with Crippen molar-refractivity contribution in [3.63, 3.8) is 0 Å². The van der Waals surface area contributed by atoms with E-state index in [2.05, 4.69) is 0 Å². The fourth-order valence-electron chi connectivity index (χ4n) is 5.70. The zero-order valence-electron chi connectivity index (χ0n) is 22.7. The molecular formula is C23H45N5O14. The Morgan fingerprint density at radius 1 is 0.524 bits per heavy atom. The molecular weight excluding hydrogens is 570 g/mol. The van der Waals surface area contributed by atoms with Crippen LogP contribution in [0.25, 0.3) is 0 Å². The van der Waals surface area contributed by atoms with Crippen LogP contribution in [0.2, 0.25) is 0 Å². The number of hydrogen-bond donors (Lipinski definition) is 13. The van der Waals surface area contributed by atoms with Crippen molar-refractivity contribution in [2.45, 2.75) is 123 Å². The summed E-state index contributed by atoms with van der Waals surface area (Å²) in [5.74, 6) is 0. The van der Waals surface area contributed by atoms with Crippen LogP contribution < -0.4 is 28.7 Å². The lowest BCUT2D eigenvalue weighted by atomic mass is 9.84. The third-order valence-corrected chi connectivity index (χ3v) is 8.32. The topological polar surface area (TPSA) is 347 Å². The lowest BCUT2D eigenvalue weighted by Gasteiger charge is -2.47. The van der Waals surface area contributed by atoms with Crippen molar-refractivity contribution < 1.29 is 69.3 Å². The second kappa shape index (κ2) is 14.1. The molecule has 19 heteroatoms. The van der Waals surface area contributed by atoms with Crippen molar-refractivity contribution in [1.29, 1.82) is 0 Å². The number of hydrogen-bond acceptors (Lipinski definition) is 19. The number of aliphatic hydroxyl groups excluding tert-OH is 8. The fraction of sp³-hybridized carbons (Fsp3) is 1.00. The molecule has 0 spiro atoms. The predicted molar refractivity (Wildman–Crippen MR) is 136 cm³/mol. The molecule has 0 bridgehead atoms. The molecule has 3 heterocycles. The lowest BCUT2D eigenvalue weighted by Crippen LogP contribution is -2.68. The highest BCUT2D eigenvalue weighted by Crippen LogP contribution is 2.34. The molecule has 42 heavy (non-hydrogen) atoms. The highest BCUT2D eigenvalue weighted by molar-refractivity contribution is 5.02. The highest BCUT2D eigenvalue weighted by atomic mass is 16.8. The van der Waals surface area contributed by atoms with E-state index in [1.807, 2.05) is 0 Å². The van der Waals surface area contributed by atoms with Gasteiger partial charge in [-0.1, -0.05) is 0 Å². The number of nitrogens with two attached hydrogens (primary N) is 5. The summed E-state index contributed by atoms with van der Waals surface area (Å²) in [7, 11) is 0. The minimum Gasteiger partial charge on any atom is -0.394 e. The first kappa shape index (κ1) is 34.1. The Morgan fingerprint density at radius 3 is 1.55 bits per heavy atom. The molecule has 0 unspecified atom stereocenters. The third-order valence-electron chi connectivity index (χ3n) is 8.32. The highest BCUT2D eigenvalue weighted by Gasteiger charge is 2.54. The maximum atomic E-state index is 11.1. The zero-order valence-corrected chi connectivity index (χ0v) is 22.7. The zero-order chi connectivity index (χ0) is 31.0. The van der Waals surface area contributed by atoms with E-state index < -0.39 is 129 Å². The van der Waals surface area contributed by atoms with Gasteiger partial charge in [-0.25, -0.2) is 0 Å². The summed E-state index contributed by atoms with van der Waals surface area (Å²) in [6.07, 6.45) is -20.5. The first-order valence-corrected chi connectivity index (χ1v) is 13.8. The number of rotatable bonds is 9. The Hall–Kier alpha value is -0.760. The molecule has 19 atom stereocenters. The molecule has 4 aliphatic rings. The van der Waals surface area contributed by atoms with Gasteiger partial charge in [0.15, 0.2) is 18.9 Å². The van der Waals surface area contributed by atoms with Gasteiger partial charge in [-0.3, -0.25) is 0 Å². The minimum atomic E-state index is -1.62. The summed E-state index contributed by atoms with van der Waals surface area (Å²) in [5, 5.41) is 82.3. The summed E-state index contributed by atoms with van der Waals surface area (Å²) < 4.78 is 34.4. The number of aliphatic hydroxyl groups is 8. The normalized spacial score (nSPS) is 53.8. The SMILES string of the molecule is NC[C@@H]1O[C@H](O[C@@H]2[C@H](O)[C@H](O[C@@H]3[C@H](O)[C@H](N)C[C@H](N)[C@@H]3O[C@@H]3O[C@H](CO)[C@H](O)[C@H](O)[C@@H]3N)O[C@@H]2CO)[C@H](N)[C@H](O)[C@@H]1O. The lowest BCUT2D eigenvalue weighted by molar-refractivity contribution is -0.310. The van der Waals surface area contributed by atoms with Crippen LogP contribution in [-0.2, 0) is 28.4 Å². The van der Waals surface area contributed by atoms with Crippen molar-refractivity contribution in [2.75, 3.05) is 19.8 Å². The standard InChI is InChI=1S/C23H45N5O14/c24-2-7-13(32)15(34)10(27)21(37-7)41-19-9(4-30)39-23(17(19)36)42-20-12(31)5(25)1-6(26)18(20)40-22-11(28)16(35)14(33)8(3-29)38-22/h5-23,29-36H,1-4,24-28H2/t5-,6+,7+,8-,9-,10-,11+,12-,13-,14+,15+,16-,17+,18+,19+,20-,21-,22+,23+/m1/s1. The quantitative estimate of drug-likeness (QED) is 0.114. The van der Waals surface area contributed by atoms with E-state index in [1.165, 1.54) is 0 Å². The van der Waals surface area contributed by atoms with E-state index in [4.69, 9.17) is 57.1 Å². The van der Waals surface area contributed by atoms with Gasteiger partial charge >= 0.3 is 0 Å². The van der Waals surface area contributed by atoms with Gasteiger partial charge < -0.3 is 97.9 Å². The van der Waals surface area contributed by atoms with Crippen LogP contribution in [0, 0.1) is 0 Å². The van der Waals surface area contributed by atoms with Crippen LogP contribution in [-0.4, -0.2) is 177 Å². The van der Waals surface area contributed by atoms with Crippen LogP contribution in [0.3, 0.4) is 0 Å². The number of ether oxygens (including phenoxy) is 6. The molecule has 246 valence electrons. The third kappa shape index (κ3) is 6.60. The first-order valence-electron chi connectivity index (χ1n) is 13.8. The summed E-state index contributed by atoms with van der Waals surface area (Å²) in [5.41, 5.74) is 29.9. The van der Waals surface area contributed by atoms with E-state index in [-0.39, 0.29) is 13.0 Å². The fourth-order valence-corrected chi connectivity index (χ4v) is 5.70. The van der Waals surface area contributed by atoms with E-state index in [9.17, 15) is 40.9 Å². The van der Waals surface area contributed by atoms with Gasteiger partial charge in [0.2, 0.25) is 0 Å². The maximum Gasteiger partial charge on any atom is 0.187 e. The van der Waals surface area contributed by atoms with Gasteiger partial charge in [0, 0.05) is 18.6 Å². The van der Waals surface area contributed by atoms with Gasteiger partial charge in [0.1, 0.15) is 67.1 Å². The van der Waals surface area contributed by atoms with E-state index >= 15 is 0 Å². The van der Waals surface area contributed by atoms with Crippen LogP contribution >= 0.6 is 0 Å². The molecule has 4 fully saturated rings. The maximum absolute atomic E-state index is 11.1. The van der Waals surface area contributed by atoms with Gasteiger partial charge in [0.05, 0.1) is 31.4 Å². The molecule has 3 saturated heterocycles. The van der Waals surface area contributed by atoms with Gasteiger partial charge in [-0.05, 0) is 6.42 Å². The molecule has 4 rings (SSSR count). The summed E-state index contributed by atoms with van der Waals surface area (Å²) in [6, 6.07) is -4.30.